The molecule has 2 N–H and O–H groups in total. The van der Waals surface area contributed by atoms with Crippen LogP contribution in [0.3, 0.4) is 0 Å². The summed E-state index contributed by atoms with van der Waals surface area (Å²) < 4.78 is 0.830. The predicted octanol–water partition coefficient (Wildman–Crippen LogP) is 2.12. The maximum atomic E-state index is 11.8. The smallest absolute Gasteiger partial charge is 0.233 e. The second-order valence-electron chi connectivity index (χ2n) is 4.72. The third-order valence-electron chi connectivity index (χ3n) is 2.39. The lowest BCUT2D eigenvalue weighted by Crippen LogP contribution is -2.32. The fraction of sp³-hybridized carbons (Fsp3) is 0.727. The first-order valence-electron chi connectivity index (χ1n) is 6.11. The summed E-state index contributed by atoms with van der Waals surface area (Å²) in [5.41, 5.74) is 0. The largest absolute Gasteiger partial charge is 0.358 e. The van der Waals surface area contributed by atoms with E-state index in [9.17, 15) is 4.79 Å². The quantitative estimate of drug-likeness (QED) is 0.784. The first-order valence-corrected chi connectivity index (χ1v) is 7.81. The maximum Gasteiger partial charge on any atom is 0.233 e. The molecule has 0 radical (unpaired) electrons. The van der Waals surface area contributed by atoms with E-state index in [1.807, 2.05) is 6.92 Å². The summed E-state index contributed by atoms with van der Waals surface area (Å²) in [6, 6.07) is 0.750. The Morgan fingerprint density at radius 3 is 2.72 bits per heavy atom. The molecule has 1 fully saturated rings. The number of carbonyl (C=O) groups excluding carboxylic acids is 1. The number of anilines is 1. The Labute approximate surface area is 115 Å². The van der Waals surface area contributed by atoms with Crippen molar-refractivity contribution in [1.29, 1.82) is 0 Å². The van der Waals surface area contributed by atoms with Crippen molar-refractivity contribution >= 4 is 34.1 Å². The molecule has 100 valence electrons. The van der Waals surface area contributed by atoms with E-state index in [1.165, 1.54) is 23.1 Å². The highest BCUT2D eigenvalue weighted by Crippen LogP contribution is 2.29. The Hall–Kier alpha value is -0.820. The fourth-order valence-corrected chi connectivity index (χ4v) is 3.36. The molecule has 18 heavy (non-hydrogen) atoms. The molecule has 1 aliphatic carbocycles. The van der Waals surface area contributed by atoms with Crippen LogP contribution in [0.2, 0.25) is 0 Å². The van der Waals surface area contributed by atoms with Crippen LogP contribution < -0.4 is 10.6 Å². The van der Waals surface area contributed by atoms with E-state index in [-0.39, 0.29) is 11.2 Å². The van der Waals surface area contributed by atoms with Gasteiger partial charge in [0.2, 0.25) is 11.0 Å². The Bertz CT molecular complexity index is 417. The summed E-state index contributed by atoms with van der Waals surface area (Å²) in [6.07, 6.45) is 2.23. The van der Waals surface area contributed by atoms with Crippen molar-refractivity contribution < 1.29 is 4.79 Å². The molecule has 1 saturated carbocycles. The molecule has 1 aromatic rings. The van der Waals surface area contributed by atoms with Gasteiger partial charge in [0, 0.05) is 12.1 Å². The molecule has 0 spiro atoms. The van der Waals surface area contributed by atoms with Crippen molar-refractivity contribution in [1.82, 2.24) is 15.5 Å². The number of rotatable bonds is 6. The average Bonchev–Trinajstić information content (AvgIpc) is 2.99. The van der Waals surface area contributed by atoms with Crippen LogP contribution >= 0.6 is 23.1 Å². The van der Waals surface area contributed by atoms with Gasteiger partial charge in [-0.15, -0.1) is 10.2 Å². The molecule has 1 aromatic heterocycles. The third-order valence-corrected chi connectivity index (χ3v) is 4.43. The summed E-state index contributed by atoms with van der Waals surface area (Å²) in [6.45, 7) is 6.01. The van der Waals surface area contributed by atoms with Crippen molar-refractivity contribution in [3.63, 3.8) is 0 Å². The van der Waals surface area contributed by atoms with E-state index >= 15 is 0 Å². The minimum atomic E-state index is -0.120. The van der Waals surface area contributed by atoms with Gasteiger partial charge >= 0.3 is 0 Å². The molecule has 0 aliphatic heterocycles. The van der Waals surface area contributed by atoms with Crippen LogP contribution in [0.15, 0.2) is 4.34 Å². The van der Waals surface area contributed by atoms with Crippen LogP contribution in [-0.4, -0.2) is 33.4 Å². The van der Waals surface area contributed by atoms with Gasteiger partial charge in [0.25, 0.3) is 0 Å². The molecule has 5 nitrogen and oxygen atoms in total. The lowest BCUT2D eigenvalue weighted by molar-refractivity contribution is -0.120. The number of hydrogen-bond acceptors (Lipinski definition) is 6. The fourth-order valence-electron chi connectivity index (χ4n) is 1.31. The van der Waals surface area contributed by atoms with Crippen LogP contribution in [0.4, 0.5) is 5.13 Å². The summed E-state index contributed by atoms with van der Waals surface area (Å²) in [5.74, 6) is 0.0936. The first kappa shape index (κ1) is 13.6. The lowest BCUT2D eigenvalue weighted by Gasteiger charge is -2.08. The molecule has 1 atom stereocenters. The Morgan fingerprint density at radius 1 is 1.39 bits per heavy atom. The van der Waals surface area contributed by atoms with Gasteiger partial charge in [0.15, 0.2) is 4.34 Å². The zero-order valence-electron chi connectivity index (χ0n) is 10.8. The number of hydrogen-bond donors (Lipinski definition) is 2. The van der Waals surface area contributed by atoms with Crippen molar-refractivity contribution in [2.45, 2.75) is 55.3 Å². The topological polar surface area (TPSA) is 66.9 Å². The standard InChI is InChI=1S/C11H18N4OS2/c1-6(2)12-10-14-15-11(18-10)17-7(3)9(16)13-8-4-5-8/h6-8H,4-5H2,1-3H3,(H,12,14)(H,13,16)/t7-/m1/s1. The monoisotopic (exact) mass is 286 g/mol. The van der Waals surface area contributed by atoms with E-state index in [0.29, 0.717) is 12.1 Å². The van der Waals surface area contributed by atoms with Crippen molar-refractivity contribution in [2.24, 2.45) is 0 Å². The third kappa shape index (κ3) is 4.13. The molecule has 7 heteroatoms. The minimum absolute atomic E-state index is 0.0936. The maximum absolute atomic E-state index is 11.8. The molecular weight excluding hydrogens is 268 g/mol. The lowest BCUT2D eigenvalue weighted by atomic mass is 10.4. The molecule has 1 amide bonds. The van der Waals surface area contributed by atoms with Crippen LogP contribution in [0, 0.1) is 0 Å². The molecule has 1 heterocycles. The summed E-state index contributed by atoms with van der Waals surface area (Å²) in [4.78, 5) is 11.8. The molecule has 2 rings (SSSR count). The van der Waals surface area contributed by atoms with E-state index in [4.69, 9.17) is 0 Å². The van der Waals surface area contributed by atoms with Crippen LogP contribution in [0.25, 0.3) is 0 Å². The summed E-state index contributed by atoms with van der Waals surface area (Å²) in [7, 11) is 0. The zero-order valence-corrected chi connectivity index (χ0v) is 12.4. The second-order valence-corrected chi connectivity index (χ2v) is 7.28. The minimum Gasteiger partial charge on any atom is -0.358 e. The van der Waals surface area contributed by atoms with Gasteiger partial charge in [-0.1, -0.05) is 23.1 Å². The number of nitrogens with zero attached hydrogens (tertiary/aromatic N) is 2. The Balaban J connectivity index is 1.83. The predicted molar refractivity (Wildman–Crippen MR) is 75.2 cm³/mol. The van der Waals surface area contributed by atoms with Crippen molar-refractivity contribution in [3.05, 3.63) is 0 Å². The van der Waals surface area contributed by atoms with E-state index in [2.05, 4.69) is 34.7 Å². The number of aromatic nitrogens is 2. The van der Waals surface area contributed by atoms with Gasteiger partial charge in [-0.3, -0.25) is 4.79 Å². The highest BCUT2D eigenvalue weighted by Gasteiger charge is 2.26. The van der Waals surface area contributed by atoms with Gasteiger partial charge in [-0.2, -0.15) is 0 Å². The van der Waals surface area contributed by atoms with Crippen molar-refractivity contribution in [3.8, 4) is 0 Å². The SMILES string of the molecule is CC(C)Nc1nnc(S[C@H](C)C(=O)NC2CC2)s1. The normalized spacial score (nSPS) is 16.7. The highest BCUT2D eigenvalue weighted by molar-refractivity contribution is 8.02. The average molecular weight is 286 g/mol. The molecule has 0 aromatic carbocycles. The van der Waals surface area contributed by atoms with E-state index in [1.54, 1.807) is 0 Å². The van der Waals surface area contributed by atoms with Gasteiger partial charge in [-0.05, 0) is 33.6 Å². The molecule has 1 aliphatic rings. The molecular formula is C11H18N4OS2. The molecule has 0 bridgehead atoms. The van der Waals surface area contributed by atoms with E-state index < -0.39 is 0 Å². The number of thioether (sulfide) groups is 1. The van der Waals surface area contributed by atoms with Crippen LogP contribution in [0.1, 0.15) is 33.6 Å². The highest BCUT2D eigenvalue weighted by atomic mass is 32.2. The zero-order chi connectivity index (χ0) is 13.1. The van der Waals surface area contributed by atoms with Gasteiger partial charge in [0.1, 0.15) is 0 Å². The van der Waals surface area contributed by atoms with Gasteiger partial charge < -0.3 is 10.6 Å². The van der Waals surface area contributed by atoms with Crippen LogP contribution in [-0.2, 0) is 4.79 Å². The second kappa shape index (κ2) is 5.88. The van der Waals surface area contributed by atoms with E-state index in [0.717, 1.165) is 22.3 Å². The summed E-state index contributed by atoms with van der Waals surface area (Å²) >= 11 is 2.95. The van der Waals surface area contributed by atoms with Gasteiger partial charge in [-0.25, -0.2) is 0 Å². The van der Waals surface area contributed by atoms with Gasteiger partial charge in [0.05, 0.1) is 5.25 Å². The summed E-state index contributed by atoms with van der Waals surface area (Å²) in [5, 5.41) is 15.0. The Kier molecular flexibility index (Phi) is 4.45. The molecule has 0 unspecified atom stereocenters. The first-order chi connectivity index (χ1) is 8.54. The van der Waals surface area contributed by atoms with Crippen molar-refractivity contribution in [2.75, 3.05) is 5.32 Å². The number of nitrogens with one attached hydrogen (secondary N) is 2. The number of carbonyl (C=O) groups is 1. The molecule has 0 saturated heterocycles. The Morgan fingerprint density at radius 2 is 2.11 bits per heavy atom. The van der Waals surface area contributed by atoms with Crippen LogP contribution in [0.5, 0.6) is 0 Å². The number of amides is 1.